The molecular formula is C21H19NO2. The summed E-state index contributed by atoms with van der Waals surface area (Å²) in [5, 5.41) is 2.57. The number of carbonyl (C=O) groups excluding carboxylic acids is 1. The van der Waals surface area contributed by atoms with Crippen molar-refractivity contribution >= 4 is 16.7 Å². The average Bonchev–Trinajstić information content (AvgIpc) is 3.07. The van der Waals surface area contributed by atoms with E-state index in [0.29, 0.717) is 24.1 Å². The van der Waals surface area contributed by atoms with Crippen molar-refractivity contribution in [1.82, 2.24) is 4.98 Å². The minimum Gasteiger partial charge on any atom is -0.461 e. The molecule has 0 saturated carbocycles. The van der Waals surface area contributed by atoms with Crippen molar-refractivity contribution in [3.63, 3.8) is 0 Å². The van der Waals surface area contributed by atoms with E-state index in [0.717, 1.165) is 12.8 Å². The van der Waals surface area contributed by atoms with Gasteiger partial charge in [0.25, 0.3) is 0 Å². The molecule has 3 aromatic rings. The van der Waals surface area contributed by atoms with Gasteiger partial charge in [-0.25, -0.2) is 4.79 Å². The summed E-state index contributed by atoms with van der Waals surface area (Å²) in [6.07, 6.45) is 4.28. The predicted molar refractivity (Wildman–Crippen MR) is 93.6 cm³/mol. The SMILES string of the molecule is CCOC(=O)c1[nH]cc2c1C1CCC2c2cc3ccccc3cc21. The first-order valence-electron chi connectivity index (χ1n) is 8.68. The van der Waals surface area contributed by atoms with Gasteiger partial charge in [-0.05, 0) is 52.8 Å². The fraction of sp³-hybridized carbons (Fsp3) is 0.286. The maximum atomic E-state index is 12.3. The normalized spacial score (nSPS) is 20.7. The average molecular weight is 317 g/mol. The Labute approximate surface area is 140 Å². The van der Waals surface area contributed by atoms with E-state index in [1.54, 1.807) is 0 Å². The molecule has 1 N–H and O–H groups in total. The number of H-pyrrole nitrogens is 1. The molecule has 3 aliphatic rings. The molecule has 0 spiro atoms. The minimum absolute atomic E-state index is 0.228. The molecule has 2 unspecified atom stereocenters. The summed E-state index contributed by atoms with van der Waals surface area (Å²) in [5.41, 5.74) is 5.94. The van der Waals surface area contributed by atoms with Crippen LogP contribution in [0.4, 0.5) is 0 Å². The molecule has 6 rings (SSSR count). The van der Waals surface area contributed by atoms with Gasteiger partial charge in [0.2, 0.25) is 0 Å². The fourth-order valence-electron chi connectivity index (χ4n) is 4.63. The lowest BCUT2D eigenvalue weighted by atomic mass is 9.64. The van der Waals surface area contributed by atoms with Crippen LogP contribution in [0.15, 0.2) is 42.6 Å². The van der Waals surface area contributed by atoms with Crippen LogP contribution >= 0.6 is 0 Å². The monoisotopic (exact) mass is 317 g/mol. The van der Waals surface area contributed by atoms with Gasteiger partial charge < -0.3 is 9.72 Å². The topological polar surface area (TPSA) is 42.1 Å². The summed E-state index contributed by atoms with van der Waals surface area (Å²) in [5.74, 6) is 0.466. The van der Waals surface area contributed by atoms with Gasteiger partial charge in [-0.3, -0.25) is 0 Å². The molecular weight excluding hydrogens is 298 g/mol. The largest absolute Gasteiger partial charge is 0.461 e. The predicted octanol–water partition coefficient (Wildman–Crippen LogP) is 4.72. The second-order valence-electron chi connectivity index (χ2n) is 6.76. The number of fused-ring (bicyclic) bond motifs is 2. The molecule has 0 aliphatic heterocycles. The maximum Gasteiger partial charge on any atom is 0.355 e. The van der Waals surface area contributed by atoms with Gasteiger partial charge >= 0.3 is 5.97 Å². The number of ether oxygens (including phenoxy) is 1. The van der Waals surface area contributed by atoms with Crippen LogP contribution in [0.2, 0.25) is 0 Å². The van der Waals surface area contributed by atoms with Gasteiger partial charge in [0.15, 0.2) is 0 Å². The first-order chi connectivity index (χ1) is 11.8. The maximum absolute atomic E-state index is 12.3. The highest BCUT2D eigenvalue weighted by molar-refractivity contribution is 5.92. The number of esters is 1. The first kappa shape index (κ1) is 13.8. The summed E-state index contributed by atoms with van der Waals surface area (Å²) >= 11 is 0. The van der Waals surface area contributed by atoms with Crippen LogP contribution in [-0.4, -0.2) is 17.6 Å². The van der Waals surface area contributed by atoms with Gasteiger partial charge in [-0.2, -0.15) is 0 Å². The van der Waals surface area contributed by atoms with Crippen molar-refractivity contribution in [3.8, 4) is 0 Å². The molecule has 3 aliphatic carbocycles. The molecule has 2 atom stereocenters. The number of hydrogen-bond donors (Lipinski definition) is 1. The standard InChI is InChI=1S/C21H19NO2/c1-2-24-21(23)20-19-15-8-7-14(18(19)11-22-20)16-9-12-5-3-4-6-13(12)10-17(15)16/h3-6,9-11,14-15,22H,2,7-8H2,1H3. The zero-order valence-electron chi connectivity index (χ0n) is 13.6. The van der Waals surface area contributed by atoms with Crippen LogP contribution < -0.4 is 0 Å². The molecule has 2 aromatic carbocycles. The fourth-order valence-corrected chi connectivity index (χ4v) is 4.63. The Morgan fingerprint density at radius 1 is 1.08 bits per heavy atom. The molecule has 3 nitrogen and oxygen atoms in total. The summed E-state index contributed by atoms with van der Waals surface area (Å²) in [4.78, 5) is 15.5. The molecule has 0 saturated heterocycles. The number of rotatable bonds is 2. The minimum atomic E-state index is -0.228. The smallest absolute Gasteiger partial charge is 0.355 e. The lowest BCUT2D eigenvalue weighted by molar-refractivity contribution is 0.0518. The first-order valence-corrected chi connectivity index (χ1v) is 8.68. The Kier molecular flexibility index (Phi) is 2.87. The Morgan fingerprint density at radius 3 is 2.46 bits per heavy atom. The van der Waals surface area contributed by atoms with Crippen LogP contribution in [0, 0.1) is 0 Å². The van der Waals surface area contributed by atoms with Crippen molar-refractivity contribution in [2.24, 2.45) is 0 Å². The molecule has 0 fully saturated rings. The number of carbonyl (C=O) groups is 1. The number of hydrogen-bond acceptors (Lipinski definition) is 2. The van der Waals surface area contributed by atoms with Gasteiger partial charge in [-0.1, -0.05) is 36.4 Å². The number of benzene rings is 2. The van der Waals surface area contributed by atoms with Crippen molar-refractivity contribution in [3.05, 3.63) is 70.5 Å². The van der Waals surface area contributed by atoms with E-state index in [9.17, 15) is 4.79 Å². The molecule has 24 heavy (non-hydrogen) atoms. The molecule has 120 valence electrons. The van der Waals surface area contributed by atoms with E-state index in [1.807, 2.05) is 13.1 Å². The van der Waals surface area contributed by atoms with Gasteiger partial charge in [-0.15, -0.1) is 0 Å². The zero-order chi connectivity index (χ0) is 16.3. The Balaban J connectivity index is 1.71. The van der Waals surface area contributed by atoms with Crippen molar-refractivity contribution in [2.45, 2.75) is 31.6 Å². The molecule has 2 bridgehead atoms. The van der Waals surface area contributed by atoms with Crippen LogP contribution in [-0.2, 0) is 4.74 Å². The molecule has 0 amide bonds. The van der Waals surface area contributed by atoms with Gasteiger partial charge in [0.1, 0.15) is 5.69 Å². The third-order valence-corrected chi connectivity index (χ3v) is 5.60. The van der Waals surface area contributed by atoms with E-state index in [1.165, 1.54) is 33.0 Å². The highest BCUT2D eigenvalue weighted by Gasteiger charge is 2.41. The summed E-state index contributed by atoms with van der Waals surface area (Å²) < 4.78 is 5.25. The van der Waals surface area contributed by atoms with Crippen LogP contribution in [0.5, 0.6) is 0 Å². The lowest BCUT2D eigenvalue weighted by Gasteiger charge is -2.39. The third kappa shape index (κ3) is 1.75. The van der Waals surface area contributed by atoms with E-state index in [4.69, 9.17) is 4.74 Å². The van der Waals surface area contributed by atoms with Crippen LogP contribution in [0.1, 0.15) is 64.3 Å². The zero-order valence-corrected chi connectivity index (χ0v) is 13.6. The molecule has 1 aromatic heterocycles. The highest BCUT2D eigenvalue weighted by atomic mass is 16.5. The van der Waals surface area contributed by atoms with Crippen LogP contribution in [0.25, 0.3) is 10.8 Å². The summed E-state index contributed by atoms with van der Waals surface area (Å²) in [6, 6.07) is 13.2. The van der Waals surface area contributed by atoms with E-state index < -0.39 is 0 Å². The number of aromatic amines is 1. The van der Waals surface area contributed by atoms with Gasteiger partial charge in [0, 0.05) is 18.0 Å². The Morgan fingerprint density at radius 2 is 1.75 bits per heavy atom. The Hall–Kier alpha value is -2.55. The highest BCUT2D eigenvalue weighted by Crippen LogP contribution is 2.54. The number of nitrogens with one attached hydrogen (secondary N) is 1. The van der Waals surface area contributed by atoms with Gasteiger partial charge in [0.05, 0.1) is 6.61 Å². The quantitative estimate of drug-likeness (QED) is 0.695. The molecule has 1 heterocycles. The van der Waals surface area contributed by atoms with Crippen molar-refractivity contribution < 1.29 is 9.53 Å². The lowest BCUT2D eigenvalue weighted by Crippen LogP contribution is -2.25. The van der Waals surface area contributed by atoms with E-state index in [-0.39, 0.29) is 5.97 Å². The molecule has 3 heteroatoms. The Bertz CT molecular complexity index is 969. The second-order valence-corrected chi connectivity index (χ2v) is 6.76. The van der Waals surface area contributed by atoms with Crippen molar-refractivity contribution in [2.75, 3.05) is 6.61 Å². The van der Waals surface area contributed by atoms with Crippen molar-refractivity contribution in [1.29, 1.82) is 0 Å². The summed E-state index contributed by atoms with van der Waals surface area (Å²) in [6.45, 7) is 2.25. The second kappa shape index (κ2) is 4.97. The summed E-state index contributed by atoms with van der Waals surface area (Å²) in [7, 11) is 0. The van der Waals surface area contributed by atoms with Crippen LogP contribution in [0.3, 0.4) is 0 Å². The number of aromatic nitrogens is 1. The third-order valence-electron chi connectivity index (χ3n) is 5.60. The van der Waals surface area contributed by atoms with E-state index in [2.05, 4.69) is 41.4 Å². The molecule has 0 radical (unpaired) electrons. The van der Waals surface area contributed by atoms with E-state index >= 15 is 0 Å².